The van der Waals surface area contributed by atoms with Crippen LogP contribution in [0, 0.1) is 5.92 Å². The Hall–Kier alpha value is -3.13. The average molecular weight is 532 g/mol. The summed E-state index contributed by atoms with van der Waals surface area (Å²) in [6.45, 7) is 6.99. The van der Waals surface area contributed by atoms with Crippen molar-refractivity contribution in [3.63, 3.8) is 0 Å². The van der Waals surface area contributed by atoms with Gasteiger partial charge in [0.25, 0.3) is 0 Å². The van der Waals surface area contributed by atoms with Crippen molar-refractivity contribution in [1.29, 1.82) is 0 Å². The molecule has 2 aliphatic heterocycles. The highest BCUT2D eigenvalue weighted by atomic mass is 16.5. The van der Waals surface area contributed by atoms with Crippen molar-refractivity contribution in [2.24, 2.45) is 5.92 Å². The van der Waals surface area contributed by atoms with Gasteiger partial charge in [0.05, 0.1) is 27.4 Å². The summed E-state index contributed by atoms with van der Waals surface area (Å²) in [4.78, 5) is 18.2. The first-order valence-electron chi connectivity index (χ1n) is 14.1. The second kappa shape index (κ2) is 13.3. The van der Waals surface area contributed by atoms with Crippen LogP contribution in [0.1, 0.15) is 30.4 Å². The molecule has 2 heterocycles. The normalized spacial score (nSPS) is 20.6. The number of para-hydroxylation sites is 1. The number of methoxy groups -OCH3 is 2. The number of rotatable bonds is 10. The maximum atomic E-state index is 13.0. The van der Waals surface area contributed by atoms with Crippen molar-refractivity contribution in [1.82, 2.24) is 15.1 Å². The highest BCUT2D eigenvalue weighted by molar-refractivity contribution is 5.85. The van der Waals surface area contributed by atoms with Crippen LogP contribution in [0.2, 0.25) is 0 Å². The van der Waals surface area contributed by atoms with Crippen LogP contribution in [0.15, 0.2) is 60.7 Å². The molecule has 0 aromatic heterocycles. The standard InChI is InChI=1S/C32H41N3O4/c1-37-30-12-6-9-25(32(30)38-2)21-33-31(36)14-13-27-23-34(16-15-29(27)35-17-19-39-20-18-35)22-26-10-5-8-24-7-3-4-11-28(24)26/h3-12,27,29H,13-23H2,1-2H3,(H,33,36)/t27-,29+/m1/s1. The van der Waals surface area contributed by atoms with Crippen LogP contribution in [0.25, 0.3) is 10.8 Å². The first kappa shape index (κ1) is 27.4. The predicted octanol–water partition coefficient (Wildman–Crippen LogP) is 4.48. The molecule has 2 atom stereocenters. The Balaban J connectivity index is 1.23. The summed E-state index contributed by atoms with van der Waals surface area (Å²) in [5.74, 6) is 1.85. The lowest BCUT2D eigenvalue weighted by Crippen LogP contribution is -2.54. The molecule has 0 bridgehead atoms. The van der Waals surface area contributed by atoms with Crippen molar-refractivity contribution in [3.8, 4) is 11.5 Å². The summed E-state index contributed by atoms with van der Waals surface area (Å²) >= 11 is 0. The summed E-state index contributed by atoms with van der Waals surface area (Å²) in [7, 11) is 3.25. The van der Waals surface area contributed by atoms with Gasteiger partial charge in [0.2, 0.25) is 5.91 Å². The van der Waals surface area contributed by atoms with Gasteiger partial charge in [-0.3, -0.25) is 14.6 Å². The summed E-state index contributed by atoms with van der Waals surface area (Å²) in [5.41, 5.74) is 2.29. The summed E-state index contributed by atoms with van der Waals surface area (Å²) in [5, 5.41) is 5.73. The lowest BCUT2D eigenvalue weighted by Gasteiger charge is -2.45. The predicted molar refractivity (Wildman–Crippen MR) is 154 cm³/mol. The molecule has 0 unspecified atom stereocenters. The Morgan fingerprint density at radius 1 is 0.949 bits per heavy atom. The Morgan fingerprint density at radius 3 is 2.54 bits per heavy atom. The number of carbonyl (C=O) groups excluding carboxylic acids is 1. The molecule has 5 rings (SSSR count). The topological polar surface area (TPSA) is 63.3 Å². The molecule has 0 spiro atoms. The SMILES string of the molecule is COc1cccc(CNC(=O)CC[C@@H]2CN(Cc3cccc4ccccc34)CC[C@@H]2N2CCOCC2)c1OC. The number of nitrogens with one attached hydrogen (secondary N) is 1. The van der Waals surface area contributed by atoms with E-state index in [9.17, 15) is 4.79 Å². The smallest absolute Gasteiger partial charge is 0.220 e. The second-order valence-corrected chi connectivity index (χ2v) is 10.6. The summed E-state index contributed by atoms with van der Waals surface area (Å²) < 4.78 is 16.6. The highest BCUT2D eigenvalue weighted by Crippen LogP contribution is 2.31. The van der Waals surface area contributed by atoms with Crippen LogP contribution in [0.3, 0.4) is 0 Å². The van der Waals surface area contributed by atoms with Crippen molar-refractivity contribution >= 4 is 16.7 Å². The fourth-order valence-corrected chi connectivity index (χ4v) is 6.28. The molecule has 0 radical (unpaired) electrons. The Bertz CT molecular complexity index is 1240. The molecule has 3 aromatic carbocycles. The Kier molecular flexibility index (Phi) is 9.35. The van der Waals surface area contributed by atoms with Crippen LogP contribution < -0.4 is 14.8 Å². The minimum atomic E-state index is 0.0757. The van der Waals surface area contributed by atoms with Crippen LogP contribution in [0.5, 0.6) is 11.5 Å². The number of hydrogen-bond donors (Lipinski definition) is 1. The average Bonchev–Trinajstić information content (AvgIpc) is 2.99. The monoisotopic (exact) mass is 531 g/mol. The van der Waals surface area contributed by atoms with E-state index < -0.39 is 0 Å². The van der Waals surface area contributed by atoms with Gasteiger partial charge < -0.3 is 19.5 Å². The van der Waals surface area contributed by atoms with Gasteiger partial charge in [0.1, 0.15) is 0 Å². The number of likely N-dealkylation sites (tertiary alicyclic amines) is 1. The first-order chi connectivity index (χ1) is 19.2. The van der Waals surface area contributed by atoms with E-state index in [4.69, 9.17) is 14.2 Å². The van der Waals surface area contributed by atoms with E-state index in [1.165, 1.54) is 16.3 Å². The molecule has 1 N–H and O–H groups in total. The number of piperidine rings is 1. The molecule has 2 aliphatic rings. The number of amides is 1. The molecule has 7 nitrogen and oxygen atoms in total. The number of morpholine rings is 1. The number of fused-ring (bicyclic) bond motifs is 1. The van der Waals surface area contributed by atoms with Gasteiger partial charge in [-0.05, 0) is 47.7 Å². The van der Waals surface area contributed by atoms with E-state index in [0.29, 0.717) is 36.4 Å². The van der Waals surface area contributed by atoms with Crippen molar-refractivity contribution < 1.29 is 19.0 Å². The Morgan fingerprint density at radius 2 is 1.72 bits per heavy atom. The van der Waals surface area contributed by atoms with Crippen molar-refractivity contribution in [2.45, 2.75) is 38.4 Å². The van der Waals surface area contributed by atoms with Crippen molar-refractivity contribution in [2.75, 3.05) is 53.6 Å². The zero-order chi connectivity index (χ0) is 27.0. The third-order valence-electron chi connectivity index (χ3n) is 8.27. The van der Waals surface area contributed by atoms with Gasteiger partial charge in [0, 0.05) is 50.7 Å². The van der Waals surface area contributed by atoms with Gasteiger partial charge in [-0.2, -0.15) is 0 Å². The molecular weight excluding hydrogens is 490 g/mol. The summed E-state index contributed by atoms with van der Waals surface area (Å²) in [6.07, 6.45) is 2.51. The number of hydrogen-bond acceptors (Lipinski definition) is 6. The highest BCUT2D eigenvalue weighted by Gasteiger charge is 2.34. The maximum Gasteiger partial charge on any atom is 0.220 e. The molecule has 2 fully saturated rings. The van der Waals surface area contributed by atoms with Gasteiger partial charge in [-0.15, -0.1) is 0 Å². The summed E-state index contributed by atoms with van der Waals surface area (Å²) in [6, 6.07) is 21.5. The minimum absolute atomic E-state index is 0.0757. The lowest BCUT2D eigenvalue weighted by atomic mass is 9.86. The van der Waals surface area contributed by atoms with Crippen LogP contribution in [-0.4, -0.2) is 75.4 Å². The fraction of sp³-hybridized carbons (Fsp3) is 0.469. The quantitative estimate of drug-likeness (QED) is 0.416. The van der Waals surface area contributed by atoms with E-state index in [1.807, 2.05) is 18.2 Å². The molecule has 39 heavy (non-hydrogen) atoms. The third-order valence-corrected chi connectivity index (χ3v) is 8.27. The molecule has 0 saturated carbocycles. The molecule has 3 aromatic rings. The zero-order valence-electron chi connectivity index (χ0n) is 23.2. The molecular formula is C32H41N3O4. The van der Waals surface area contributed by atoms with Crippen LogP contribution in [-0.2, 0) is 22.6 Å². The number of benzene rings is 3. The van der Waals surface area contributed by atoms with Gasteiger partial charge in [0.15, 0.2) is 11.5 Å². The van der Waals surface area contributed by atoms with Gasteiger partial charge in [-0.25, -0.2) is 0 Å². The molecule has 2 saturated heterocycles. The van der Waals surface area contributed by atoms with E-state index in [1.54, 1.807) is 14.2 Å². The lowest BCUT2D eigenvalue weighted by molar-refractivity contribution is -0.121. The molecule has 7 heteroatoms. The number of nitrogens with zero attached hydrogens (tertiary/aromatic N) is 2. The number of carbonyl (C=O) groups is 1. The van der Waals surface area contributed by atoms with Gasteiger partial charge >= 0.3 is 0 Å². The van der Waals surface area contributed by atoms with E-state index in [0.717, 1.165) is 64.3 Å². The number of ether oxygens (including phenoxy) is 3. The third kappa shape index (κ3) is 6.72. The van der Waals surface area contributed by atoms with E-state index >= 15 is 0 Å². The van der Waals surface area contributed by atoms with Crippen LogP contribution >= 0.6 is 0 Å². The van der Waals surface area contributed by atoms with E-state index in [-0.39, 0.29) is 5.91 Å². The Labute approximate surface area is 232 Å². The first-order valence-corrected chi connectivity index (χ1v) is 14.1. The second-order valence-electron chi connectivity index (χ2n) is 10.6. The van der Waals surface area contributed by atoms with Crippen LogP contribution in [0.4, 0.5) is 0 Å². The largest absolute Gasteiger partial charge is 0.493 e. The molecule has 208 valence electrons. The minimum Gasteiger partial charge on any atom is -0.493 e. The van der Waals surface area contributed by atoms with Crippen molar-refractivity contribution in [3.05, 3.63) is 71.8 Å². The van der Waals surface area contributed by atoms with Gasteiger partial charge in [-0.1, -0.05) is 54.6 Å². The maximum absolute atomic E-state index is 13.0. The zero-order valence-corrected chi connectivity index (χ0v) is 23.2. The molecule has 0 aliphatic carbocycles. The fourth-order valence-electron chi connectivity index (χ4n) is 6.28. The van der Waals surface area contributed by atoms with E-state index in [2.05, 4.69) is 57.6 Å². The molecule has 1 amide bonds.